The molecule has 1 rings (SSSR count). The van der Waals surface area contributed by atoms with Crippen molar-refractivity contribution in [2.45, 2.75) is 34.1 Å². The van der Waals surface area contributed by atoms with Crippen LogP contribution in [0.5, 0.6) is 5.75 Å². The maximum atomic E-state index is 12.5. The molecule has 82 valence electrons. The summed E-state index contributed by atoms with van der Waals surface area (Å²) in [5.41, 5.74) is 0. The molecule has 0 unspecified atom stereocenters. The highest BCUT2D eigenvalue weighted by Crippen LogP contribution is 2.13. The number of para-hydroxylation sites is 1. The lowest BCUT2D eigenvalue weighted by molar-refractivity contribution is 0.386. The van der Waals surface area contributed by atoms with Gasteiger partial charge in [-0.3, -0.25) is 0 Å². The second-order valence-electron chi connectivity index (χ2n) is 2.34. The summed E-state index contributed by atoms with van der Waals surface area (Å²) in [7, 11) is 1.44. The molecule has 2 heteroatoms. The number of rotatable bonds is 1. The topological polar surface area (TPSA) is 9.23 Å². The number of halogens is 1. The molecule has 0 aliphatic rings. The van der Waals surface area contributed by atoms with Crippen LogP contribution in [0.15, 0.2) is 24.3 Å². The first-order valence-corrected chi connectivity index (χ1v) is 5.04. The zero-order chi connectivity index (χ0) is 11.4. The highest BCUT2D eigenvalue weighted by atomic mass is 19.1. The lowest BCUT2D eigenvalue weighted by Gasteiger charge is -1.97. The van der Waals surface area contributed by atoms with E-state index in [0.29, 0.717) is 0 Å². The number of ether oxygens (including phenoxy) is 1. The Kier molecular flexibility index (Phi) is 13.2. The van der Waals surface area contributed by atoms with E-state index in [1.54, 1.807) is 18.2 Å². The average Bonchev–Trinajstić information content (AvgIpc) is 2.23. The highest BCUT2D eigenvalue weighted by molar-refractivity contribution is 5.23. The highest BCUT2D eigenvalue weighted by Gasteiger charge is 1.95. The van der Waals surface area contributed by atoms with E-state index >= 15 is 0 Å². The van der Waals surface area contributed by atoms with Gasteiger partial charge in [0.2, 0.25) is 0 Å². The van der Waals surface area contributed by atoms with Crippen LogP contribution in [0.1, 0.15) is 34.1 Å². The van der Waals surface area contributed by atoms with E-state index in [0.717, 1.165) is 0 Å². The summed E-state index contributed by atoms with van der Waals surface area (Å²) in [4.78, 5) is 0. The predicted molar refractivity (Wildman–Crippen MR) is 60.3 cm³/mol. The molecule has 1 aromatic carbocycles. The van der Waals surface area contributed by atoms with Crippen molar-refractivity contribution in [1.29, 1.82) is 0 Å². The summed E-state index contributed by atoms with van der Waals surface area (Å²) in [5.74, 6) is -0.0301. The Bertz CT molecular complexity index is 211. The zero-order valence-corrected chi connectivity index (χ0v) is 9.80. The molecule has 0 aliphatic heterocycles. The molecule has 0 amide bonds. The van der Waals surface area contributed by atoms with Gasteiger partial charge in [-0.1, -0.05) is 46.2 Å². The van der Waals surface area contributed by atoms with Crippen LogP contribution in [0.4, 0.5) is 4.39 Å². The molecule has 0 bridgehead atoms. The van der Waals surface area contributed by atoms with E-state index < -0.39 is 0 Å². The van der Waals surface area contributed by atoms with Crippen LogP contribution >= 0.6 is 0 Å². The molecule has 0 N–H and O–H groups in total. The molecule has 0 saturated heterocycles. The smallest absolute Gasteiger partial charge is 0.165 e. The van der Waals surface area contributed by atoms with Crippen molar-refractivity contribution in [2.75, 3.05) is 7.11 Å². The molecule has 0 saturated carbocycles. The minimum absolute atomic E-state index is 0.289. The minimum atomic E-state index is -0.319. The molecule has 1 nitrogen and oxygen atoms in total. The standard InChI is InChI=1S/C7H7FO.C3H8.C2H6/c1-9-7-5-3-2-4-6(7)8;1-3-2;1-2/h2-5H,1H3;3H2,1-2H3;1-2H3. The van der Waals surface area contributed by atoms with Crippen LogP contribution in [0.2, 0.25) is 0 Å². The number of methoxy groups -OCH3 is 1. The summed E-state index contributed by atoms with van der Waals surface area (Å²) >= 11 is 0. The van der Waals surface area contributed by atoms with Crippen molar-refractivity contribution < 1.29 is 9.13 Å². The molecule has 0 radical (unpaired) electrons. The summed E-state index contributed by atoms with van der Waals surface area (Å²) in [6, 6.07) is 6.29. The average molecular weight is 200 g/mol. The third-order valence-electron chi connectivity index (χ3n) is 1.06. The molecule has 0 fully saturated rings. The maximum absolute atomic E-state index is 12.5. The first-order chi connectivity index (χ1) is 6.76. The molecule has 0 aliphatic carbocycles. The molecule has 0 spiro atoms. The predicted octanol–water partition coefficient (Wildman–Crippen LogP) is 4.28. The first kappa shape index (κ1) is 15.4. The Morgan fingerprint density at radius 1 is 1.14 bits per heavy atom. The SMILES string of the molecule is CC.CCC.COc1ccccc1F. The van der Waals surface area contributed by atoms with Crippen molar-refractivity contribution in [3.05, 3.63) is 30.1 Å². The Balaban J connectivity index is 0. The second kappa shape index (κ2) is 11.9. The third-order valence-corrected chi connectivity index (χ3v) is 1.06. The maximum Gasteiger partial charge on any atom is 0.165 e. The fourth-order valence-corrected chi connectivity index (χ4v) is 0.610. The van der Waals surface area contributed by atoms with Gasteiger partial charge >= 0.3 is 0 Å². The van der Waals surface area contributed by atoms with E-state index in [9.17, 15) is 4.39 Å². The Hall–Kier alpha value is -1.05. The largest absolute Gasteiger partial charge is 0.494 e. The third kappa shape index (κ3) is 7.59. The van der Waals surface area contributed by atoms with Gasteiger partial charge in [-0.2, -0.15) is 0 Å². The van der Waals surface area contributed by atoms with Gasteiger partial charge in [0.15, 0.2) is 11.6 Å². The van der Waals surface area contributed by atoms with E-state index in [4.69, 9.17) is 0 Å². The number of hydrogen-bond acceptors (Lipinski definition) is 1. The lowest BCUT2D eigenvalue weighted by Crippen LogP contribution is -1.85. The van der Waals surface area contributed by atoms with Crippen LogP contribution in [0.3, 0.4) is 0 Å². The molecule has 0 heterocycles. The molecule has 1 aromatic rings. The first-order valence-electron chi connectivity index (χ1n) is 5.04. The summed E-state index contributed by atoms with van der Waals surface area (Å²) in [6.07, 6.45) is 1.25. The van der Waals surface area contributed by atoms with Crippen molar-refractivity contribution in [2.24, 2.45) is 0 Å². The van der Waals surface area contributed by atoms with E-state index in [1.807, 2.05) is 13.8 Å². The van der Waals surface area contributed by atoms with Crippen LogP contribution in [-0.2, 0) is 0 Å². The van der Waals surface area contributed by atoms with Gasteiger partial charge in [0.1, 0.15) is 0 Å². The number of hydrogen-bond donors (Lipinski definition) is 0. The van der Waals surface area contributed by atoms with Crippen LogP contribution in [0, 0.1) is 5.82 Å². The number of benzene rings is 1. The van der Waals surface area contributed by atoms with E-state index in [1.165, 1.54) is 19.6 Å². The quantitative estimate of drug-likeness (QED) is 0.657. The summed E-state index contributed by atoms with van der Waals surface area (Å²) < 4.78 is 17.1. The van der Waals surface area contributed by atoms with Crippen LogP contribution in [0.25, 0.3) is 0 Å². The van der Waals surface area contributed by atoms with Gasteiger partial charge < -0.3 is 4.74 Å². The van der Waals surface area contributed by atoms with Crippen molar-refractivity contribution in [3.8, 4) is 5.75 Å². The van der Waals surface area contributed by atoms with Crippen molar-refractivity contribution in [1.82, 2.24) is 0 Å². The fourth-order valence-electron chi connectivity index (χ4n) is 0.610. The Labute approximate surface area is 86.9 Å². The molecule has 0 aromatic heterocycles. The Morgan fingerprint density at radius 2 is 1.57 bits per heavy atom. The lowest BCUT2D eigenvalue weighted by atomic mass is 10.3. The van der Waals surface area contributed by atoms with Crippen molar-refractivity contribution in [3.63, 3.8) is 0 Å². The molecular weight excluding hydrogens is 179 g/mol. The second-order valence-corrected chi connectivity index (χ2v) is 2.34. The van der Waals surface area contributed by atoms with Gasteiger partial charge in [-0.05, 0) is 12.1 Å². The molecule has 0 atom stereocenters. The Morgan fingerprint density at radius 3 is 1.86 bits per heavy atom. The van der Waals surface area contributed by atoms with Crippen molar-refractivity contribution >= 4 is 0 Å². The van der Waals surface area contributed by atoms with Crippen LogP contribution < -0.4 is 4.74 Å². The van der Waals surface area contributed by atoms with E-state index in [-0.39, 0.29) is 11.6 Å². The van der Waals surface area contributed by atoms with Gasteiger partial charge in [-0.15, -0.1) is 0 Å². The molecule has 14 heavy (non-hydrogen) atoms. The summed E-state index contributed by atoms with van der Waals surface area (Å²) in [6.45, 7) is 8.25. The fraction of sp³-hybridized carbons (Fsp3) is 0.500. The van der Waals surface area contributed by atoms with Gasteiger partial charge in [-0.25, -0.2) is 4.39 Å². The van der Waals surface area contributed by atoms with Gasteiger partial charge in [0, 0.05) is 0 Å². The van der Waals surface area contributed by atoms with Crippen LogP contribution in [-0.4, -0.2) is 7.11 Å². The summed E-state index contributed by atoms with van der Waals surface area (Å²) in [5, 5.41) is 0. The van der Waals surface area contributed by atoms with Gasteiger partial charge in [0.05, 0.1) is 7.11 Å². The zero-order valence-electron chi connectivity index (χ0n) is 9.80. The van der Waals surface area contributed by atoms with Gasteiger partial charge in [0.25, 0.3) is 0 Å². The minimum Gasteiger partial charge on any atom is -0.494 e. The van der Waals surface area contributed by atoms with E-state index in [2.05, 4.69) is 18.6 Å². The normalized spacial score (nSPS) is 7.57. The monoisotopic (exact) mass is 200 g/mol. The molecular formula is C12H21FO.